The van der Waals surface area contributed by atoms with E-state index in [1.165, 1.54) is 0 Å². The second kappa shape index (κ2) is 9.98. The van der Waals surface area contributed by atoms with Crippen LogP contribution in [-0.4, -0.2) is 51.1 Å². The highest BCUT2D eigenvalue weighted by Crippen LogP contribution is 2.26. The van der Waals surface area contributed by atoms with Crippen molar-refractivity contribution >= 4 is 36.4 Å². The van der Waals surface area contributed by atoms with E-state index in [-0.39, 0.29) is 36.1 Å². The number of anilines is 1. The van der Waals surface area contributed by atoms with Crippen LogP contribution in [0.15, 0.2) is 24.3 Å². The molecule has 2 N–H and O–H groups in total. The Labute approximate surface area is 151 Å². The van der Waals surface area contributed by atoms with E-state index < -0.39 is 0 Å². The maximum absolute atomic E-state index is 12.3. The van der Waals surface area contributed by atoms with Crippen LogP contribution in [0, 0.1) is 5.41 Å². The minimum atomic E-state index is -0.305. The normalized spacial score (nSPS) is 19.7. The van der Waals surface area contributed by atoms with E-state index in [9.17, 15) is 4.79 Å². The van der Waals surface area contributed by atoms with Gasteiger partial charge in [0.2, 0.25) is 5.91 Å². The lowest BCUT2D eigenvalue weighted by atomic mass is 9.89. The minimum Gasteiger partial charge on any atom is -0.492 e. The van der Waals surface area contributed by atoms with Crippen molar-refractivity contribution in [1.82, 2.24) is 10.2 Å². The number of carbonyl (C=O) groups is 1. The van der Waals surface area contributed by atoms with Crippen LogP contribution in [-0.2, 0) is 4.79 Å². The first-order valence-electron chi connectivity index (χ1n) is 7.39. The molecule has 1 fully saturated rings. The lowest BCUT2D eigenvalue weighted by molar-refractivity contribution is -0.123. The third kappa shape index (κ3) is 6.55. The summed E-state index contributed by atoms with van der Waals surface area (Å²) in [5.74, 6) is 0.900. The summed E-state index contributed by atoms with van der Waals surface area (Å²) < 4.78 is 5.63. The lowest BCUT2D eigenvalue weighted by Crippen LogP contribution is -2.35. The van der Waals surface area contributed by atoms with Gasteiger partial charge in [-0.2, -0.15) is 0 Å². The zero-order valence-electron chi connectivity index (χ0n) is 13.9. The summed E-state index contributed by atoms with van der Waals surface area (Å²) in [6.07, 6.45) is 0.880. The van der Waals surface area contributed by atoms with Gasteiger partial charge in [0.25, 0.3) is 0 Å². The molecular weight excluding hydrogens is 337 g/mol. The number of ether oxygens (including phenoxy) is 1. The predicted molar refractivity (Wildman–Crippen MR) is 99.2 cm³/mol. The van der Waals surface area contributed by atoms with E-state index in [1.807, 2.05) is 45.3 Å². The van der Waals surface area contributed by atoms with Crippen LogP contribution in [0.5, 0.6) is 5.75 Å². The standard InChI is InChI=1S/C16H25N3O2.2ClH/c1-16(8-9-17-12-16)15(20)18-13-4-6-14(7-5-13)21-11-10-19(2)3;;/h4-7,17H,8-12H2,1-3H3,(H,18,20);2*1H. The summed E-state index contributed by atoms with van der Waals surface area (Å²) in [5, 5.41) is 6.22. The largest absolute Gasteiger partial charge is 0.492 e. The van der Waals surface area contributed by atoms with E-state index in [1.54, 1.807) is 0 Å². The Hall–Kier alpha value is -1.01. The van der Waals surface area contributed by atoms with Gasteiger partial charge in [-0.15, -0.1) is 24.8 Å². The fourth-order valence-corrected chi connectivity index (χ4v) is 2.27. The third-order valence-corrected chi connectivity index (χ3v) is 3.84. The van der Waals surface area contributed by atoms with Gasteiger partial charge in [-0.1, -0.05) is 0 Å². The number of hydrogen-bond acceptors (Lipinski definition) is 4. The van der Waals surface area contributed by atoms with Crippen LogP contribution in [0.2, 0.25) is 0 Å². The Bertz CT molecular complexity index is 475. The molecule has 7 heteroatoms. The van der Waals surface area contributed by atoms with Crippen molar-refractivity contribution in [1.29, 1.82) is 0 Å². The summed E-state index contributed by atoms with van der Waals surface area (Å²) in [6.45, 7) is 5.18. The van der Waals surface area contributed by atoms with Crippen LogP contribution in [0.4, 0.5) is 5.69 Å². The monoisotopic (exact) mass is 363 g/mol. The number of benzene rings is 1. The Morgan fingerprint density at radius 3 is 2.48 bits per heavy atom. The second-order valence-electron chi connectivity index (χ2n) is 6.12. The molecule has 1 amide bonds. The molecular formula is C16H27Cl2N3O2. The van der Waals surface area contributed by atoms with Gasteiger partial charge < -0.3 is 20.3 Å². The molecule has 0 saturated carbocycles. The molecule has 1 aliphatic heterocycles. The van der Waals surface area contributed by atoms with Crippen LogP contribution in [0.1, 0.15) is 13.3 Å². The van der Waals surface area contributed by atoms with E-state index in [4.69, 9.17) is 4.74 Å². The summed E-state index contributed by atoms with van der Waals surface area (Å²) in [4.78, 5) is 14.4. The topological polar surface area (TPSA) is 53.6 Å². The van der Waals surface area contributed by atoms with E-state index in [2.05, 4.69) is 15.5 Å². The molecule has 5 nitrogen and oxygen atoms in total. The molecule has 1 atom stereocenters. The molecule has 132 valence electrons. The summed E-state index contributed by atoms with van der Waals surface area (Å²) >= 11 is 0. The van der Waals surface area contributed by atoms with Gasteiger partial charge >= 0.3 is 0 Å². The molecule has 1 aromatic rings. The maximum Gasteiger partial charge on any atom is 0.231 e. The second-order valence-corrected chi connectivity index (χ2v) is 6.12. The quantitative estimate of drug-likeness (QED) is 0.814. The fourth-order valence-electron chi connectivity index (χ4n) is 2.27. The summed E-state index contributed by atoms with van der Waals surface area (Å²) in [7, 11) is 4.03. The highest BCUT2D eigenvalue weighted by Gasteiger charge is 2.36. The van der Waals surface area contributed by atoms with Gasteiger partial charge in [-0.25, -0.2) is 0 Å². The fraction of sp³-hybridized carbons (Fsp3) is 0.562. The molecule has 0 spiro atoms. The molecule has 1 aliphatic rings. The molecule has 1 unspecified atom stereocenters. The molecule has 0 aromatic heterocycles. The molecule has 1 heterocycles. The molecule has 1 aromatic carbocycles. The van der Waals surface area contributed by atoms with Crippen molar-refractivity contribution in [2.45, 2.75) is 13.3 Å². The number of carbonyl (C=O) groups excluding carboxylic acids is 1. The average molecular weight is 364 g/mol. The van der Waals surface area contributed by atoms with Gasteiger partial charge in [-0.3, -0.25) is 4.79 Å². The Balaban J connectivity index is 0.00000242. The number of halogens is 2. The summed E-state index contributed by atoms with van der Waals surface area (Å²) in [6, 6.07) is 7.55. The molecule has 23 heavy (non-hydrogen) atoms. The van der Waals surface area contributed by atoms with Gasteiger partial charge in [-0.05, 0) is 58.3 Å². The Morgan fingerprint density at radius 2 is 1.96 bits per heavy atom. The first-order chi connectivity index (χ1) is 9.99. The van der Waals surface area contributed by atoms with Crippen molar-refractivity contribution in [3.05, 3.63) is 24.3 Å². The van der Waals surface area contributed by atoms with Crippen LogP contribution < -0.4 is 15.4 Å². The Kier molecular flexibility index (Phi) is 9.54. The first kappa shape index (κ1) is 22.0. The summed E-state index contributed by atoms with van der Waals surface area (Å²) in [5.41, 5.74) is 0.508. The smallest absolute Gasteiger partial charge is 0.231 e. The van der Waals surface area contributed by atoms with Crippen molar-refractivity contribution in [3.8, 4) is 5.75 Å². The van der Waals surface area contributed by atoms with Gasteiger partial charge in [0, 0.05) is 18.8 Å². The van der Waals surface area contributed by atoms with Crippen LogP contribution >= 0.6 is 24.8 Å². The SMILES string of the molecule is CN(C)CCOc1ccc(NC(=O)C2(C)CCNC2)cc1.Cl.Cl. The van der Waals surface area contributed by atoms with Gasteiger partial charge in [0.05, 0.1) is 5.41 Å². The molecule has 2 rings (SSSR count). The number of amides is 1. The number of nitrogens with zero attached hydrogens (tertiary/aromatic N) is 1. The molecule has 0 bridgehead atoms. The van der Waals surface area contributed by atoms with Crippen LogP contribution in [0.3, 0.4) is 0 Å². The zero-order chi connectivity index (χ0) is 15.3. The minimum absolute atomic E-state index is 0. The number of hydrogen-bond donors (Lipinski definition) is 2. The average Bonchev–Trinajstić information content (AvgIpc) is 2.89. The predicted octanol–water partition coefficient (Wildman–Crippen LogP) is 2.41. The first-order valence-corrected chi connectivity index (χ1v) is 7.39. The lowest BCUT2D eigenvalue weighted by Gasteiger charge is -2.21. The van der Waals surface area contributed by atoms with Gasteiger partial charge in [0.1, 0.15) is 12.4 Å². The molecule has 1 saturated heterocycles. The number of rotatable bonds is 6. The maximum atomic E-state index is 12.3. The number of likely N-dealkylation sites (N-methyl/N-ethyl adjacent to an activating group) is 1. The highest BCUT2D eigenvalue weighted by molar-refractivity contribution is 5.95. The van der Waals surface area contributed by atoms with E-state index in [0.29, 0.717) is 6.61 Å². The van der Waals surface area contributed by atoms with E-state index in [0.717, 1.165) is 37.5 Å². The van der Waals surface area contributed by atoms with E-state index >= 15 is 0 Å². The van der Waals surface area contributed by atoms with Crippen molar-refractivity contribution in [3.63, 3.8) is 0 Å². The van der Waals surface area contributed by atoms with Crippen LogP contribution in [0.25, 0.3) is 0 Å². The van der Waals surface area contributed by atoms with Crippen molar-refractivity contribution in [2.24, 2.45) is 5.41 Å². The van der Waals surface area contributed by atoms with Gasteiger partial charge in [0.15, 0.2) is 0 Å². The molecule has 0 radical (unpaired) electrons. The Morgan fingerprint density at radius 1 is 1.30 bits per heavy atom. The van der Waals surface area contributed by atoms with Crippen molar-refractivity contribution in [2.75, 3.05) is 45.7 Å². The highest BCUT2D eigenvalue weighted by atomic mass is 35.5. The van der Waals surface area contributed by atoms with Crippen molar-refractivity contribution < 1.29 is 9.53 Å². The zero-order valence-corrected chi connectivity index (χ0v) is 15.6. The third-order valence-electron chi connectivity index (χ3n) is 3.84. The number of nitrogens with one attached hydrogen (secondary N) is 2. The molecule has 0 aliphatic carbocycles.